The number of fused-ring (bicyclic) bond motifs is 3. The number of hydrogen-bond donors (Lipinski definition) is 1. The highest BCUT2D eigenvalue weighted by Crippen LogP contribution is 2.44. The molecule has 1 unspecified atom stereocenters. The molecular formula is C25H27N3O5. The molecule has 172 valence electrons. The maximum atomic E-state index is 13.2. The van der Waals surface area contributed by atoms with Crippen molar-refractivity contribution < 1.29 is 23.9 Å². The Morgan fingerprint density at radius 1 is 1.09 bits per heavy atom. The summed E-state index contributed by atoms with van der Waals surface area (Å²) < 4.78 is 5.08. The predicted octanol–water partition coefficient (Wildman–Crippen LogP) is 3.26. The second-order valence-electron chi connectivity index (χ2n) is 8.60. The first-order valence-electron chi connectivity index (χ1n) is 11.1. The number of rotatable bonds is 7. The third kappa shape index (κ3) is 4.46. The smallest absolute Gasteiger partial charge is 0.306 e. The van der Waals surface area contributed by atoms with Crippen LogP contribution in [0, 0.1) is 6.92 Å². The number of anilines is 2. The molecule has 8 heteroatoms. The van der Waals surface area contributed by atoms with E-state index < -0.39 is 17.5 Å². The fourth-order valence-corrected chi connectivity index (χ4v) is 4.48. The fourth-order valence-electron chi connectivity index (χ4n) is 4.48. The minimum Gasteiger partial charge on any atom is -0.456 e. The molecule has 1 fully saturated rings. The normalized spacial score (nSPS) is 19.2. The van der Waals surface area contributed by atoms with Gasteiger partial charge in [-0.3, -0.25) is 24.1 Å². The number of para-hydroxylation sites is 1. The average Bonchev–Trinajstić information content (AvgIpc) is 3.11. The number of ether oxygens (including phenoxy) is 1. The first kappa shape index (κ1) is 22.5. The first-order chi connectivity index (χ1) is 15.8. The first-order valence-corrected chi connectivity index (χ1v) is 11.1. The highest BCUT2D eigenvalue weighted by molar-refractivity contribution is 6.10. The van der Waals surface area contributed by atoms with Crippen LogP contribution in [0.2, 0.25) is 0 Å². The average molecular weight is 450 g/mol. The zero-order chi connectivity index (χ0) is 23.6. The van der Waals surface area contributed by atoms with Gasteiger partial charge in [0.2, 0.25) is 5.91 Å². The molecule has 2 aromatic rings. The zero-order valence-electron chi connectivity index (χ0n) is 18.8. The summed E-state index contributed by atoms with van der Waals surface area (Å²) in [5, 5.41) is 2.68. The maximum absolute atomic E-state index is 13.2. The Labute approximate surface area is 192 Å². The van der Waals surface area contributed by atoms with Crippen molar-refractivity contribution in [3.05, 3.63) is 59.7 Å². The molecule has 0 saturated carbocycles. The number of nitrogens with one attached hydrogen (secondary N) is 1. The van der Waals surface area contributed by atoms with Crippen LogP contribution in [-0.2, 0) is 19.1 Å². The predicted molar refractivity (Wildman–Crippen MR) is 123 cm³/mol. The van der Waals surface area contributed by atoms with E-state index in [1.54, 1.807) is 40.1 Å². The summed E-state index contributed by atoms with van der Waals surface area (Å²) in [5.74, 6) is -1.09. The van der Waals surface area contributed by atoms with Crippen LogP contribution in [0.5, 0.6) is 0 Å². The van der Waals surface area contributed by atoms with Gasteiger partial charge in [-0.15, -0.1) is 0 Å². The van der Waals surface area contributed by atoms with Crippen molar-refractivity contribution in [2.45, 2.75) is 45.2 Å². The molecule has 2 heterocycles. The van der Waals surface area contributed by atoms with E-state index in [0.717, 1.165) is 5.56 Å². The zero-order valence-corrected chi connectivity index (χ0v) is 18.8. The number of nitrogens with zero attached hydrogens (tertiary/aromatic N) is 2. The Morgan fingerprint density at radius 3 is 2.58 bits per heavy atom. The van der Waals surface area contributed by atoms with Gasteiger partial charge in [0.25, 0.3) is 11.8 Å². The van der Waals surface area contributed by atoms with E-state index >= 15 is 0 Å². The lowest BCUT2D eigenvalue weighted by Gasteiger charge is -2.48. The summed E-state index contributed by atoms with van der Waals surface area (Å²) in [7, 11) is 0. The van der Waals surface area contributed by atoms with Gasteiger partial charge in [0, 0.05) is 25.1 Å². The fraction of sp³-hybridized carbons (Fsp3) is 0.360. The number of amides is 3. The van der Waals surface area contributed by atoms with Gasteiger partial charge in [0.1, 0.15) is 5.66 Å². The Kier molecular flexibility index (Phi) is 6.18. The van der Waals surface area contributed by atoms with Crippen LogP contribution in [0.15, 0.2) is 48.5 Å². The second-order valence-corrected chi connectivity index (χ2v) is 8.60. The molecule has 2 aliphatic rings. The van der Waals surface area contributed by atoms with Crippen LogP contribution < -0.4 is 10.2 Å². The summed E-state index contributed by atoms with van der Waals surface area (Å²) in [6.45, 7) is 3.77. The lowest BCUT2D eigenvalue weighted by Crippen LogP contribution is -2.62. The lowest BCUT2D eigenvalue weighted by molar-refractivity contribution is -0.147. The van der Waals surface area contributed by atoms with Crippen LogP contribution in [0.4, 0.5) is 11.4 Å². The highest BCUT2D eigenvalue weighted by atomic mass is 16.5. The second kappa shape index (κ2) is 9.05. The molecule has 1 saturated heterocycles. The molecule has 1 atom stereocenters. The number of esters is 1. The molecule has 2 aliphatic heterocycles. The van der Waals surface area contributed by atoms with Crippen LogP contribution in [0.25, 0.3) is 0 Å². The minimum atomic E-state index is -0.750. The van der Waals surface area contributed by atoms with Gasteiger partial charge in [-0.25, -0.2) is 0 Å². The number of carbonyl (C=O) groups is 4. The van der Waals surface area contributed by atoms with E-state index in [1.165, 1.54) is 0 Å². The Morgan fingerprint density at radius 2 is 1.82 bits per heavy atom. The van der Waals surface area contributed by atoms with Crippen molar-refractivity contribution in [2.75, 3.05) is 23.4 Å². The number of carbonyl (C=O) groups excluding carboxylic acids is 4. The Balaban J connectivity index is 1.31. The van der Waals surface area contributed by atoms with Gasteiger partial charge in [0.05, 0.1) is 11.3 Å². The van der Waals surface area contributed by atoms with Crippen molar-refractivity contribution in [3.8, 4) is 0 Å². The third-order valence-electron chi connectivity index (χ3n) is 6.21. The molecule has 2 aromatic carbocycles. The van der Waals surface area contributed by atoms with E-state index in [-0.39, 0.29) is 24.8 Å². The number of aryl methyl sites for hydroxylation is 1. The standard InChI is InChI=1S/C25H27N3O5/c1-17-9-11-18(12-10-17)26-21(29)16-33-23(31)8-5-15-27-24(32)19-6-3-4-7-20(19)28-22(30)13-14-25(27,28)2/h3-4,6-7,9-12H,5,8,13-16H2,1-2H3,(H,26,29). The molecule has 0 radical (unpaired) electrons. The van der Waals surface area contributed by atoms with Crippen molar-refractivity contribution in [3.63, 3.8) is 0 Å². The highest BCUT2D eigenvalue weighted by Gasteiger charge is 2.52. The monoisotopic (exact) mass is 449 g/mol. The quantitative estimate of drug-likeness (QED) is 0.655. The summed E-state index contributed by atoms with van der Waals surface area (Å²) in [6.07, 6.45) is 1.33. The molecule has 0 aromatic heterocycles. The Hall–Kier alpha value is -3.68. The summed E-state index contributed by atoms with van der Waals surface area (Å²) >= 11 is 0. The van der Waals surface area contributed by atoms with E-state index in [9.17, 15) is 19.2 Å². The molecule has 33 heavy (non-hydrogen) atoms. The number of benzene rings is 2. The number of hydrogen-bond acceptors (Lipinski definition) is 5. The summed E-state index contributed by atoms with van der Waals surface area (Å²) in [5.41, 5.74) is 2.09. The van der Waals surface area contributed by atoms with Crippen molar-refractivity contribution >= 4 is 35.1 Å². The van der Waals surface area contributed by atoms with E-state index in [0.29, 0.717) is 42.7 Å². The molecule has 0 aliphatic carbocycles. The van der Waals surface area contributed by atoms with Crippen LogP contribution in [0.3, 0.4) is 0 Å². The van der Waals surface area contributed by atoms with E-state index in [2.05, 4.69) is 5.32 Å². The molecule has 0 spiro atoms. The van der Waals surface area contributed by atoms with Gasteiger partial charge in [-0.05, 0) is 51.0 Å². The summed E-state index contributed by atoms with van der Waals surface area (Å²) in [6, 6.07) is 14.4. The van der Waals surface area contributed by atoms with Gasteiger partial charge < -0.3 is 15.0 Å². The molecule has 4 rings (SSSR count). The molecule has 8 nitrogen and oxygen atoms in total. The largest absolute Gasteiger partial charge is 0.456 e. The van der Waals surface area contributed by atoms with E-state index in [4.69, 9.17) is 4.74 Å². The van der Waals surface area contributed by atoms with Gasteiger partial charge in [-0.1, -0.05) is 29.8 Å². The SMILES string of the molecule is Cc1ccc(NC(=O)COC(=O)CCCN2C(=O)c3ccccc3N3C(=O)CCC23C)cc1. The molecule has 3 amide bonds. The maximum Gasteiger partial charge on any atom is 0.306 e. The van der Waals surface area contributed by atoms with Gasteiger partial charge in [0.15, 0.2) is 6.61 Å². The van der Waals surface area contributed by atoms with Crippen molar-refractivity contribution in [2.24, 2.45) is 0 Å². The molecule has 0 bridgehead atoms. The van der Waals surface area contributed by atoms with Crippen molar-refractivity contribution in [1.29, 1.82) is 0 Å². The Bertz CT molecular complexity index is 1100. The lowest BCUT2D eigenvalue weighted by atomic mass is 9.98. The van der Waals surface area contributed by atoms with Gasteiger partial charge >= 0.3 is 5.97 Å². The minimum absolute atomic E-state index is 0.0125. The topological polar surface area (TPSA) is 96.0 Å². The summed E-state index contributed by atoms with van der Waals surface area (Å²) in [4.78, 5) is 53.3. The molecular weight excluding hydrogens is 422 g/mol. The van der Waals surface area contributed by atoms with Crippen LogP contribution >= 0.6 is 0 Å². The van der Waals surface area contributed by atoms with Crippen LogP contribution in [-0.4, -0.2) is 47.4 Å². The van der Waals surface area contributed by atoms with Crippen molar-refractivity contribution in [1.82, 2.24) is 4.90 Å². The van der Waals surface area contributed by atoms with E-state index in [1.807, 2.05) is 32.0 Å². The third-order valence-corrected chi connectivity index (χ3v) is 6.21. The molecule has 1 N–H and O–H groups in total. The van der Waals surface area contributed by atoms with Crippen LogP contribution in [0.1, 0.15) is 48.5 Å². The van der Waals surface area contributed by atoms with Gasteiger partial charge in [-0.2, -0.15) is 0 Å².